The normalized spacial score (nSPS) is 15.6. The Morgan fingerprint density at radius 1 is 1.19 bits per heavy atom. The predicted octanol–water partition coefficient (Wildman–Crippen LogP) is 2.91. The van der Waals surface area contributed by atoms with E-state index in [1.165, 1.54) is 10.6 Å². The fraction of sp³-hybridized carbons (Fsp3) is 0.261. The first-order valence-corrected chi connectivity index (χ1v) is 10.2. The molecule has 8 heteroatoms. The molecule has 8 nitrogen and oxygen atoms in total. The third kappa shape index (κ3) is 5.22. The third-order valence-electron chi connectivity index (χ3n) is 5.30. The van der Waals surface area contributed by atoms with Crippen LogP contribution in [0.4, 0.5) is 10.6 Å². The average molecular weight is 420 g/mol. The Hall–Kier alpha value is -3.81. The maximum absolute atomic E-state index is 12.6. The number of benzene rings is 1. The zero-order valence-corrected chi connectivity index (χ0v) is 17.0. The third-order valence-corrected chi connectivity index (χ3v) is 5.30. The molecule has 0 unspecified atom stereocenters. The van der Waals surface area contributed by atoms with Crippen LogP contribution in [-0.4, -0.2) is 40.4 Å². The number of anilines is 1. The fourth-order valence-electron chi connectivity index (χ4n) is 3.65. The van der Waals surface area contributed by atoms with Crippen LogP contribution in [0.2, 0.25) is 0 Å². The molecule has 1 aliphatic heterocycles. The number of carboxylic acid groups (broad SMARTS) is 1. The van der Waals surface area contributed by atoms with Gasteiger partial charge in [0.15, 0.2) is 0 Å². The molecule has 0 aliphatic carbocycles. The fourth-order valence-corrected chi connectivity index (χ4v) is 3.65. The number of nitrogens with zero attached hydrogens (tertiary/aromatic N) is 3. The summed E-state index contributed by atoms with van der Waals surface area (Å²) in [5, 5.41) is 11.2. The van der Waals surface area contributed by atoms with Crippen LogP contribution in [0.3, 0.4) is 0 Å². The van der Waals surface area contributed by atoms with Crippen LogP contribution < -0.4 is 20.5 Å². The molecule has 2 N–H and O–H groups in total. The molecule has 0 radical (unpaired) electrons. The summed E-state index contributed by atoms with van der Waals surface area (Å²) in [4.78, 5) is 29.8. The van der Waals surface area contributed by atoms with Crippen LogP contribution in [0, 0.1) is 5.92 Å². The molecule has 31 heavy (non-hydrogen) atoms. The highest BCUT2D eigenvalue weighted by Gasteiger charge is 2.23. The summed E-state index contributed by atoms with van der Waals surface area (Å²) in [6.07, 6.45) is 3.27. The van der Waals surface area contributed by atoms with Gasteiger partial charge in [-0.05, 0) is 36.1 Å². The van der Waals surface area contributed by atoms with Gasteiger partial charge in [-0.25, -0.2) is 9.78 Å². The van der Waals surface area contributed by atoms with Gasteiger partial charge in [-0.15, -0.1) is 0 Å². The minimum atomic E-state index is -0.997. The van der Waals surface area contributed by atoms with Crippen molar-refractivity contribution in [1.29, 1.82) is 0 Å². The number of aromatic nitrogens is 2. The minimum Gasteiger partial charge on any atom is -0.489 e. The molecule has 0 bridgehead atoms. The van der Waals surface area contributed by atoms with E-state index in [4.69, 9.17) is 9.84 Å². The highest BCUT2D eigenvalue weighted by Crippen LogP contribution is 2.22. The molecule has 1 amide bonds. The summed E-state index contributed by atoms with van der Waals surface area (Å²) in [5.41, 5.74) is 1.52. The Morgan fingerprint density at radius 2 is 2.03 bits per heavy atom. The Bertz CT molecular complexity index is 1080. The van der Waals surface area contributed by atoms with Crippen molar-refractivity contribution >= 4 is 11.9 Å². The van der Waals surface area contributed by atoms with E-state index >= 15 is 0 Å². The van der Waals surface area contributed by atoms with Gasteiger partial charge < -0.3 is 20.1 Å². The number of nitrogens with one attached hydrogen (secondary N) is 1. The lowest BCUT2D eigenvalue weighted by atomic mass is 10.1. The average Bonchev–Trinajstić information content (AvgIpc) is 3.26. The van der Waals surface area contributed by atoms with Crippen molar-refractivity contribution in [2.45, 2.75) is 13.0 Å². The Balaban J connectivity index is 1.38. The molecule has 4 rings (SSSR count). The van der Waals surface area contributed by atoms with Gasteiger partial charge >= 0.3 is 6.09 Å². The summed E-state index contributed by atoms with van der Waals surface area (Å²) < 4.78 is 7.24. The van der Waals surface area contributed by atoms with Crippen molar-refractivity contribution < 1.29 is 14.6 Å². The molecule has 3 aromatic rings. The summed E-state index contributed by atoms with van der Waals surface area (Å²) in [7, 11) is 0. The number of hydrogen-bond donors (Lipinski definition) is 2. The number of rotatable bonds is 7. The topological polar surface area (TPSA) is 96.7 Å². The summed E-state index contributed by atoms with van der Waals surface area (Å²) >= 11 is 0. The van der Waals surface area contributed by atoms with Crippen LogP contribution in [0.15, 0.2) is 71.8 Å². The zero-order chi connectivity index (χ0) is 21.6. The highest BCUT2D eigenvalue weighted by atomic mass is 16.5. The van der Waals surface area contributed by atoms with Gasteiger partial charge in [-0.1, -0.05) is 30.3 Å². The molecule has 1 aliphatic rings. The number of amides is 1. The number of carbonyl (C=O) groups is 1. The van der Waals surface area contributed by atoms with Crippen molar-refractivity contribution in [3.63, 3.8) is 0 Å². The largest absolute Gasteiger partial charge is 0.489 e. The Labute approximate surface area is 179 Å². The summed E-state index contributed by atoms with van der Waals surface area (Å²) in [5.74, 6) is 1.61. The lowest BCUT2D eigenvalue weighted by Gasteiger charge is -2.18. The first-order chi connectivity index (χ1) is 15.1. The van der Waals surface area contributed by atoms with Crippen LogP contribution in [0.1, 0.15) is 12.0 Å². The number of ether oxygens (including phenoxy) is 1. The van der Waals surface area contributed by atoms with E-state index in [1.807, 2.05) is 42.5 Å². The first-order valence-electron chi connectivity index (χ1n) is 10.2. The second-order valence-corrected chi connectivity index (χ2v) is 7.51. The lowest BCUT2D eigenvalue weighted by molar-refractivity contribution is 0.192. The molecule has 1 aromatic carbocycles. The molecule has 0 saturated carbocycles. The second kappa shape index (κ2) is 9.34. The molecule has 0 spiro atoms. The monoisotopic (exact) mass is 420 g/mol. The van der Waals surface area contributed by atoms with E-state index in [0.29, 0.717) is 24.6 Å². The van der Waals surface area contributed by atoms with Gasteiger partial charge in [0.25, 0.3) is 5.56 Å². The highest BCUT2D eigenvalue weighted by molar-refractivity contribution is 5.64. The molecule has 160 valence electrons. The molecular formula is C23H24N4O4. The lowest BCUT2D eigenvalue weighted by Crippen LogP contribution is -2.29. The zero-order valence-electron chi connectivity index (χ0n) is 17.0. The van der Waals surface area contributed by atoms with Crippen LogP contribution in [0.5, 0.6) is 5.75 Å². The predicted molar refractivity (Wildman–Crippen MR) is 117 cm³/mol. The first kappa shape index (κ1) is 20.5. The maximum Gasteiger partial charge on any atom is 0.404 e. The van der Waals surface area contributed by atoms with Gasteiger partial charge in [0.2, 0.25) is 0 Å². The SMILES string of the molecule is O=C(O)NC[C@H]1CCN(c2ccc(-n3ccc(OCc4ccccc4)cc3=O)cn2)C1. The quantitative estimate of drug-likeness (QED) is 0.610. The van der Waals surface area contributed by atoms with E-state index in [0.717, 1.165) is 30.9 Å². The van der Waals surface area contributed by atoms with E-state index in [2.05, 4.69) is 15.2 Å². The maximum atomic E-state index is 12.6. The van der Waals surface area contributed by atoms with Crippen molar-refractivity contribution in [2.75, 3.05) is 24.5 Å². The van der Waals surface area contributed by atoms with Gasteiger partial charge in [0.05, 0.1) is 11.9 Å². The Morgan fingerprint density at radius 3 is 2.74 bits per heavy atom. The molecule has 1 atom stereocenters. The molecule has 1 saturated heterocycles. The van der Waals surface area contributed by atoms with Crippen molar-refractivity contribution in [1.82, 2.24) is 14.9 Å². The van der Waals surface area contributed by atoms with Gasteiger partial charge in [0, 0.05) is 31.9 Å². The molecular weight excluding hydrogens is 396 g/mol. The van der Waals surface area contributed by atoms with Crippen LogP contribution >= 0.6 is 0 Å². The minimum absolute atomic E-state index is 0.193. The molecule has 1 fully saturated rings. The smallest absolute Gasteiger partial charge is 0.404 e. The summed E-state index contributed by atoms with van der Waals surface area (Å²) in [6.45, 7) is 2.42. The second-order valence-electron chi connectivity index (χ2n) is 7.51. The van der Waals surface area contributed by atoms with Crippen molar-refractivity contribution in [3.8, 4) is 11.4 Å². The standard InChI is InChI=1S/C23H24N4O4/c28-22-12-20(31-16-17-4-2-1-3-5-17)9-11-27(22)19-6-7-21(24-14-19)26-10-8-18(15-26)13-25-23(29)30/h1-7,9,11-12,14,18,25H,8,10,13,15-16H2,(H,29,30)/t18-/m1/s1. The van der Waals surface area contributed by atoms with Gasteiger partial charge in [0.1, 0.15) is 18.2 Å². The number of pyridine rings is 2. The van der Waals surface area contributed by atoms with E-state index in [9.17, 15) is 9.59 Å². The Kier molecular flexibility index (Phi) is 6.16. The van der Waals surface area contributed by atoms with E-state index < -0.39 is 6.09 Å². The molecule has 3 heterocycles. The van der Waals surface area contributed by atoms with Crippen LogP contribution in [-0.2, 0) is 6.61 Å². The number of hydrogen-bond acceptors (Lipinski definition) is 5. The molecule has 2 aromatic heterocycles. The van der Waals surface area contributed by atoms with E-state index in [1.54, 1.807) is 18.5 Å². The van der Waals surface area contributed by atoms with Gasteiger partial charge in [-0.2, -0.15) is 0 Å². The van der Waals surface area contributed by atoms with E-state index in [-0.39, 0.29) is 11.5 Å². The summed E-state index contributed by atoms with van der Waals surface area (Å²) in [6, 6.07) is 16.8. The van der Waals surface area contributed by atoms with Gasteiger partial charge in [-0.3, -0.25) is 9.36 Å². The van der Waals surface area contributed by atoms with Crippen LogP contribution in [0.25, 0.3) is 5.69 Å². The van der Waals surface area contributed by atoms with Crippen molar-refractivity contribution in [2.24, 2.45) is 5.92 Å². The van der Waals surface area contributed by atoms with Crippen molar-refractivity contribution in [3.05, 3.63) is 82.9 Å².